The van der Waals surface area contributed by atoms with E-state index < -0.39 is 33.9 Å². The van der Waals surface area contributed by atoms with E-state index >= 15 is 0 Å². The van der Waals surface area contributed by atoms with E-state index in [1.54, 1.807) is 18.2 Å². The summed E-state index contributed by atoms with van der Waals surface area (Å²) in [6, 6.07) is 19.7. The molecule has 0 spiro atoms. The Balaban J connectivity index is 1.47. The molecule has 0 aliphatic rings. The molecule has 4 rings (SSSR count). The van der Waals surface area contributed by atoms with Crippen LogP contribution in [0.2, 0.25) is 0 Å². The molecule has 0 saturated carbocycles. The second-order valence-corrected chi connectivity index (χ2v) is 10.0. The third-order valence-electron chi connectivity index (χ3n) is 5.95. The zero-order valence-electron chi connectivity index (χ0n) is 20.6. The molecule has 1 amide bonds. The van der Waals surface area contributed by atoms with Gasteiger partial charge in [-0.15, -0.1) is 5.11 Å². The number of azo groups is 1. The number of nitrogens with zero attached hydrogens (tertiary/aromatic N) is 2. The van der Waals surface area contributed by atoms with Crippen LogP contribution in [0, 0.1) is 5.92 Å². The summed E-state index contributed by atoms with van der Waals surface area (Å²) in [5.41, 5.74) is 7.90. The van der Waals surface area contributed by atoms with Gasteiger partial charge in [0, 0.05) is 22.0 Å². The van der Waals surface area contributed by atoms with Crippen molar-refractivity contribution in [2.75, 3.05) is 11.1 Å². The number of fused-ring (bicyclic) bond motifs is 1. The molecule has 4 aromatic rings. The molecule has 13 heteroatoms. The van der Waals surface area contributed by atoms with Gasteiger partial charge in [-0.2, -0.15) is 13.5 Å². The van der Waals surface area contributed by atoms with Crippen LogP contribution < -0.4 is 11.1 Å². The van der Waals surface area contributed by atoms with E-state index in [-0.39, 0.29) is 28.1 Å². The van der Waals surface area contributed by atoms with E-state index in [0.29, 0.717) is 27.9 Å². The summed E-state index contributed by atoms with van der Waals surface area (Å²) in [5, 5.41) is 29.5. The number of aliphatic carboxylic acids is 2. The third-order valence-corrected chi connectivity index (χ3v) is 6.85. The van der Waals surface area contributed by atoms with Crippen LogP contribution in [0.25, 0.3) is 10.8 Å². The molecule has 0 aromatic heterocycles. The highest BCUT2D eigenvalue weighted by molar-refractivity contribution is 7.86. The van der Waals surface area contributed by atoms with Gasteiger partial charge in [0.15, 0.2) is 5.92 Å². The number of carbonyl (C=O) groups is 3. The van der Waals surface area contributed by atoms with E-state index in [2.05, 4.69) is 15.5 Å². The molecule has 0 aliphatic heterocycles. The van der Waals surface area contributed by atoms with Crippen LogP contribution in [0.4, 0.5) is 22.7 Å². The normalized spacial score (nSPS) is 11.7. The molecule has 204 valence electrons. The Morgan fingerprint density at radius 1 is 0.850 bits per heavy atom. The number of nitrogens with one attached hydrogen (secondary N) is 1. The molecule has 40 heavy (non-hydrogen) atoms. The van der Waals surface area contributed by atoms with E-state index in [9.17, 15) is 27.4 Å². The van der Waals surface area contributed by atoms with Crippen molar-refractivity contribution < 1.29 is 37.6 Å². The third kappa shape index (κ3) is 6.28. The highest BCUT2D eigenvalue weighted by Crippen LogP contribution is 2.36. The van der Waals surface area contributed by atoms with Gasteiger partial charge in [-0.1, -0.05) is 36.4 Å². The molecule has 6 N–H and O–H groups in total. The van der Waals surface area contributed by atoms with Crippen molar-refractivity contribution in [3.63, 3.8) is 0 Å². The summed E-state index contributed by atoms with van der Waals surface area (Å²) in [4.78, 5) is 34.4. The number of amides is 1. The van der Waals surface area contributed by atoms with Crippen molar-refractivity contribution in [1.82, 2.24) is 0 Å². The molecule has 0 saturated heterocycles. The SMILES string of the molecule is Nc1c(/N=N/c2ccc(C(=O)Nc3ccc(CC(C(=O)O)C(=O)O)cc3)cc2)cc(S(=O)(=O)O)c2ccccc12. The lowest BCUT2D eigenvalue weighted by Crippen LogP contribution is -2.25. The Labute approximate surface area is 227 Å². The summed E-state index contributed by atoms with van der Waals surface area (Å²) < 4.78 is 33.4. The fourth-order valence-corrected chi connectivity index (χ4v) is 4.60. The lowest BCUT2D eigenvalue weighted by Gasteiger charge is -2.09. The van der Waals surface area contributed by atoms with Crippen LogP contribution in [0.5, 0.6) is 0 Å². The molecular weight excluding hydrogens is 540 g/mol. The zero-order valence-corrected chi connectivity index (χ0v) is 21.4. The van der Waals surface area contributed by atoms with E-state index in [1.165, 1.54) is 54.6 Å². The minimum Gasteiger partial charge on any atom is -0.481 e. The molecular formula is C27H22N4O8S. The minimum absolute atomic E-state index is 0.0367. The molecule has 4 aromatic carbocycles. The summed E-state index contributed by atoms with van der Waals surface area (Å²) in [6.07, 6.45) is -0.198. The molecule has 0 radical (unpaired) electrons. The molecule has 0 aliphatic carbocycles. The summed E-state index contributed by atoms with van der Waals surface area (Å²) >= 11 is 0. The topological polar surface area (TPSA) is 209 Å². The number of nitrogens with two attached hydrogens (primary N) is 1. The van der Waals surface area contributed by atoms with Crippen molar-refractivity contribution in [3.05, 3.63) is 90.0 Å². The largest absolute Gasteiger partial charge is 0.481 e. The van der Waals surface area contributed by atoms with Crippen molar-refractivity contribution >= 4 is 61.5 Å². The summed E-state index contributed by atoms with van der Waals surface area (Å²) in [5.74, 6) is -4.88. The van der Waals surface area contributed by atoms with Gasteiger partial charge in [0.2, 0.25) is 0 Å². The Kier molecular flexibility index (Phi) is 7.88. The first-order chi connectivity index (χ1) is 18.9. The fraction of sp³-hybridized carbons (Fsp3) is 0.0741. The molecule has 12 nitrogen and oxygen atoms in total. The highest BCUT2D eigenvalue weighted by Gasteiger charge is 2.26. The van der Waals surface area contributed by atoms with Gasteiger partial charge in [-0.05, 0) is 54.4 Å². The van der Waals surface area contributed by atoms with Crippen LogP contribution in [0.15, 0.2) is 94.0 Å². The smallest absolute Gasteiger partial charge is 0.318 e. The number of anilines is 2. The monoisotopic (exact) mass is 562 g/mol. The number of hydrogen-bond acceptors (Lipinski definition) is 8. The van der Waals surface area contributed by atoms with E-state index in [0.717, 1.165) is 6.07 Å². The average molecular weight is 563 g/mol. The molecule has 0 heterocycles. The minimum atomic E-state index is -4.56. The van der Waals surface area contributed by atoms with Gasteiger partial charge in [-0.25, -0.2) is 0 Å². The molecule has 0 atom stereocenters. The van der Waals surface area contributed by atoms with Crippen molar-refractivity contribution in [1.29, 1.82) is 0 Å². The second-order valence-electron chi connectivity index (χ2n) is 8.66. The first kappa shape index (κ1) is 27.9. The van der Waals surface area contributed by atoms with Gasteiger partial charge in [0.05, 0.1) is 11.4 Å². The predicted molar refractivity (Wildman–Crippen MR) is 146 cm³/mol. The van der Waals surface area contributed by atoms with Gasteiger partial charge < -0.3 is 21.3 Å². The van der Waals surface area contributed by atoms with Gasteiger partial charge in [-0.3, -0.25) is 18.9 Å². The zero-order chi connectivity index (χ0) is 29.0. The Morgan fingerprint density at radius 3 is 2.02 bits per heavy atom. The van der Waals surface area contributed by atoms with Crippen LogP contribution in [-0.4, -0.2) is 41.0 Å². The van der Waals surface area contributed by atoms with Crippen LogP contribution in [0.3, 0.4) is 0 Å². The standard InChI is InChI=1S/C27H22N4O8S/c28-24-20-4-2-1-3-19(20)23(40(37,38)39)14-22(24)31-30-18-11-7-16(8-12-18)25(32)29-17-9-5-15(6-10-17)13-21(26(33)34)27(35)36/h1-12,14,21H,13,28H2,(H,29,32)(H,33,34)(H,35,36)(H,37,38,39)/b31-30+. The number of benzene rings is 4. The van der Waals surface area contributed by atoms with E-state index in [1.807, 2.05) is 0 Å². The van der Waals surface area contributed by atoms with Gasteiger partial charge in [0.25, 0.3) is 16.0 Å². The second kappa shape index (κ2) is 11.3. The Morgan fingerprint density at radius 2 is 1.45 bits per heavy atom. The number of rotatable bonds is 9. The molecule has 0 unspecified atom stereocenters. The lowest BCUT2D eigenvalue weighted by molar-refractivity contribution is -0.154. The van der Waals surface area contributed by atoms with Crippen molar-refractivity contribution in [3.8, 4) is 0 Å². The van der Waals surface area contributed by atoms with Gasteiger partial charge in [0.1, 0.15) is 10.6 Å². The summed E-state index contributed by atoms with van der Waals surface area (Å²) in [6.45, 7) is 0. The summed E-state index contributed by atoms with van der Waals surface area (Å²) in [7, 11) is -4.56. The number of carboxylic acid groups (broad SMARTS) is 2. The quantitative estimate of drug-likeness (QED) is 0.0829. The van der Waals surface area contributed by atoms with Crippen molar-refractivity contribution in [2.24, 2.45) is 16.1 Å². The Bertz CT molecular complexity index is 1740. The van der Waals surface area contributed by atoms with Crippen LogP contribution in [-0.2, 0) is 26.1 Å². The maximum Gasteiger partial charge on any atom is 0.318 e. The van der Waals surface area contributed by atoms with Crippen molar-refractivity contribution in [2.45, 2.75) is 11.3 Å². The number of carboxylic acids is 2. The first-order valence-corrected chi connectivity index (χ1v) is 13.0. The number of nitrogen functional groups attached to an aromatic ring is 1. The highest BCUT2D eigenvalue weighted by atomic mass is 32.2. The first-order valence-electron chi connectivity index (χ1n) is 11.6. The van der Waals surface area contributed by atoms with Crippen LogP contribution in [0.1, 0.15) is 15.9 Å². The maximum atomic E-state index is 12.6. The fourth-order valence-electron chi connectivity index (χ4n) is 3.88. The average Bonchev–Trinajstić information content (AvgIpc) is 2.91. The number of hydrogen-bond donors (Lipinski definition) is 5. The van der Waals surface area contributed by atoms with Crippen LogP contribution >= 0.6 is 0 Å². The number of carbonyl (C=O) groups excluding carboxylic acids is 1. The van der Waals surface area contributed by atoms with Gasteiger partial charge >= 0.3 is 11.9 Å². The molecule has 0 bridgehead atoms. The molecule has 0 fully saturated rings. The maximum absolute atomic E-state index is 12.6. The lowest BCUT2D eigenvalue weighted by atomic mass is 9.99. The predicted octanol–water partition coefficient (Wildman–Crippen LogP) is 4.66. The van der Waals surface area contributed by atoms with E-state index in [4.69, 9.17) is 15.9 Å². The Hall–Kier alpha value is -5.14.